The third-order valence-corrected chi connectivity index (χ3v) is 5.35. The van der Waals surface area contributed by atoms with Crippen molar-refractivity contribution in [1.82, 2.24) is 16.0 Å². The molecule has 0 aliphatic carbocycles. The van der Waals surface area contributed by atoms with Gasteiger partial charge in [-0.2, -0.15) is 12.6 Å². The summed E-state index contributed by atoms with van der Waals surface area (Å²) in [6, 6.07) is -4.81. The Hall–Kier alpha value is -2.87. The molecule has 5 atom stereocenters. The highest BCUT2D eigenvalue weighted by Crippen LogP contribution is 2.07. The van der Waals surface area contributed by atoms with E-state index >= 15 is 0 Å². The lowest BCUT2D eigenvalue weighted by Crippen LogP contribution is -2.58. The molecule has 13 nitrogen and oxygen atoms in total. The fourth-order valence-corrected chi connectivity index (χ4v) is 2.88. The summed E-state index contributed by atoms with van der Waals surface area (Å²) in [4.78, 5) is 71.0. The molecule has 0 bridgehead atoms. The minimum absolute atomic E-state index is 0.141. The van der Waals surface area contributed by atoms with E-state index in [0.29, 0.717) is 6.42 Å². The van der Waals surface area contributed by atoms with Crippen molar-refractivity contribution in [1.29, 1.82) is 0 Å². The number of hydrogen-bond donors (Lipinski definition) is 8. The number of hydrogen-bond acceptors (Lipinski definition) is 8. The van der Waals surface area contributed by atoms with Gasteiger partial charge in [0.25, 0.3) is 0 Å². The van der Waals surface area contributed by atoms with E-state index in [1.54, 1.807) is 6.92 Å². The number of carboxylic acids is 1. The molecule has 5 amide bonds. The quantitative estimate of drug-likeness (QED) is 0.106. The number of carbonyl (C=O) groups excluding carboxylic acids is 5. The second kappa shape index (κ2) is 15.1. The Labute approximate surface area is 197 Å². The van der Waals surface area contributed by atoms with Gasteiger partial charge in [0, 0.05) is 18.6 Å². The van der Waals surface area contributed by atoms with E-state index in [-0.39, 0.29) is 37.4 Å². The molecular formula is C19H34N6O7S. The van der Waals surface area contributed by atoms with Gasteiger partial charge in [-0.1, -0.05) is 20.3 Å². The van der Waals surface area contributed by atoms with E-state index in [1.165, 1.54) is 0 Å². The number of carbonyl (C=O) groups is 6. The minimum atomic E-state index is -1.41. The summed E-state index contributed by atoms with van der Waals surface area (Å²) in [5, 5.41) is 16.3. The Morgan fingerprint density at radius 2 is 1.24 bits per heavy atom. The molecule has 33 heavy (non-hydrogen) atoms. The number of amides is 5. The SMILES string of the molecule is CCC(C)C(N)C(=O)NC(CCC(N)=O)C(=O)NC(CS)C(=O)NC(CCC(N)=O)C(=O)O. The van der Waals surface area contributed by atoms with E-state index in [2.05, 4.69) is 28.6 Å². The average Bonchev–Trinajstić information content (AvgIpc) is 2.75. The van der Waals surface area contributed by atoms with Crippen LogP contribution in [0.25, 0.3) is 0 Å². The highest BCUT2D eigenvalue weighted by Gasteiger charge is 2.30. The van der Waals surface area contributed by atoms with Crippen LogP contribution >= 0.6 is 12.6 Å². The van der Waals surface area contributed by atoms with Crippen LogP contribution in [-0.2, 0) is 28.8 Å². The molecule has 0 aromatic carbocycles. The lowest BCUT2D eigenvalue weighted by atomic mass is 9.98. The van der Waals surface area contributed by atoms with Crippen molar-refractivity contribution >= 4 is 48.1 Å². The van der Waals surface area contributed by atoms with Gasteiger partial charge in [-0.3, -0.25) is 24.0 Å². The molecule has 0 aliphatic rings. The second-order valence-electron chi connectivity index (χ2n) is 7.63. The number of thiol groups is 1. The first-order chi connectivity index (χ1) is 15.3. The first-order valence-electron chi connectivity index (χ1n) is 10.4. The summed E-state index contributed by atoms with van der Waals surface area (Å²) in [6.07, 6.45) is -0.253. The van der Waals surface area contributed by atoms with Gasteiger partial charge in [0.15, 0.2) is 0 Å². The molecule has 0 aromatic heterocycles. The Kier molecular flexibility index (Phi) is 13.7. The van der Waals surface area contributed by atoms with Gasteiger partial charge in [0.05, 0.1) is 6.04 Å². The summed E-state index contributed by atoms with van der Waals surface area (Å²) in [7, 11) is 0. The fourth-order valence-electron chi connectivity index (χ4n) is 2.62. The zero-order chi connectivity index (χ0) is 25.7. The third-order valence-electron chi connectivity index (χ3n) is 4.98. The maximum Gasteiger partial charge on any atom is 0.326 e. The molecule has 0 heterocycles. The summed E-state index contributed by atoms with van der Waals surface area (Å²) in [5.41, 5.74) is 16.0. The number of aliphatic carboxylic acids is 1. The van der Waals surface area contributed by atoms with E-state index in [9.17, 15) is 33.9 Å². The first kappa shape index (κ1) is 30.1. The fraction of sp³-hybridized carbons (Fsp3) is 0.684. The van der Waals surface area contributed by atoms with Crippen LogP contribution in [0.3, 0.4) is 0 Å². The van der Waals surface area contributed by atoms with Crippen LogP contribution < -0.4 is 33.2 Å². The van der Waals surface area contributed by atoms with E-state index in [1.807, 2.05) is 6.92 Å². The molecule has 188 valence electrons. The van der Waals surface area contributed by atoms with E-state index in [0.717, 1.165) is 0 Å². The van der Waals surface area contributed by atoms with Crippen molar-refractivity contribution in [2.24, 2.45) is 23.1 Å². The Balaban J connectivity index is 5.34. The van der Waals surface area contributed by atoms with Crippen molar-refractivity contribution in [3.05, 3.63) is 0 Å². The van der Waals surface area contributed by atoms with Crippen LogP contribution in [0.15, 0.2) is 0 Å². The molecule has 5 unspecified atom stereocenters. The Morgan fingerprint density at radius 1 is 0.818 bits per heavy atom. The number of nitrogens with two attached hydrogens (primary N) is 3. The van der Waals surface area contributed by atoms with Crippen molar-refractivity contribution < 1.29 is 33.9 Å². The predicted octanol–water partition coefficient (Wildman–Crippen LogP) is -2.64. The molecule has 0 fully saturated rings. The number of rotatable bonds is 16. The summed E-state index contributed by atoms with van der Waals surface area (Å²) in [5.74, 6) is -5.49. The lowest BCUT2D eigenvalue weighted by Gasteiger charge is -2.25. The van der Waals surface area contributed by atoms with E-state index < -0.39 is 59.7 Å². The van der Waals surface area contributed by atoms with Gasteiger partial charge in [-0.25, -0.2) is 4.79 Å². The van der Waals surface area contributed by atoms with Crippen molar-refractivity contribution in [3.63, 3.8) is 0 Å². The normalized spacial score (nSPS) is 15.3. The van der Waals surface area contributed by atoms with E-state index in [4.69, 9.17) is 17.2 Å². The van der Waals surface area contributed by atoms with Crippen molar-refractivity contribution in [3.8, 4) is 0 Å². The molecule has 0 aromatic rings. The first-order valence-corrected chi connectivity index (χ1v) is 11.0. The largest absolute Gasteiger partial charge is 0.480 e. The van der Waals surface area contributed by atoms with Crippen LogP contribution in [-0.4, -0.2) is 70.5 Å². The van der Waals surface area contributed by atoms with Gasteiger partial charge >= 0.3 is 5.97 Å². The molecule has 10 N–H and O–H groups in total. The summed E-state index contributed by atoms with van der Waals surface area (Å²) >= 11 is 4.01. The highest BCUT2D eigenvalue weighted by atomic mass is 32.1. The number of nitrogens with one attached hydrogen (secondary N) is 3. The zero-order valence-corrected chi connectivity index (χ0v) is 19.6. The summed E-state index contributed by atoms with van der Waals surface area (Å²) in [6.45, 7) is 3.61. The average molecular weight is 491 g/mol. The highest BCUT2D eigenvalue weighted by molar-refractivity contribution is 7.80. The van der Waals surface area contributed by atoms with Crippen LogP contribution in [0.1, 0.15) is 46.0 Å². The maximum absolute atomic E-state index is 12.8. The molecule has 14 heteroatoms. The van der Waals surface area contributed by atoms with Crippen LogP contribution in [0, 0.1) is 5.92 Å². The molecule has 0 radical (unpaired) electrons. The second-order valence-corrected chi connectivity index (χ2v) is 7.99. The lowest BCUT2D eigenvalue weighted by molar-refractivity contribution is -0.142. The molecule has 0 aliphatic heterocycles. The predicted molar refractivity (Wildman–Crippen MR) is 122 cm³/mol. The molecule has 0 spiro atoms. The van der Waals surface area contributed by atoms with Gasteiger partial charge in [0.2, 0.25) is 29.5 Å². The van der Waals surface area contributed by atoms with Crippen molar-refractivity contribution in [2.45, 2.75) is 70.1 Å². The molecule has 0 saturated carbocycles. The van der Waals surface area contributed by atoms with Crippen LogP contribution in [0.4, 0.5) is 0 Å². The Bertz CT molecular complexity index is 735. The van der Waals surface area contributed by atoms with Gasteiger partial charge in [-0.05, 0) is 18.8 Å². The number of carboxylic acid groups (broad SMARTS) is 1. The van der Waals surface area contributed by atoms with Gasteiger partial charge < -0.3 is 38.3 Å². The smallest absolute Gasteiger partial charge is 0.326 e. The Morgan fingerprint density at radius 3 is 1.67 bits per heavy atom. The minimum Gasteiger partial charge on any atom is -0.480 e. The third kappa shape index (κ3) is 11.5. The van der Waals surface area contributed by atoms with Gasteiger partial charge in [0.1, 0.15) is 18.1 Å². The summed E-state index contributed by atoms with van der Waals surface area (Å²) < 4.78 is 0. The van der Waals surface area contributed by atoms with Crippen LogP contribution in [0.5, 0.6) is 0 Å². The monoisotopic (exact) mass is 490 g/mol. The topological polar surface area (TPSA) is 237 Å². The molecular weight excluding hydrogens is 456 g/mol. The van der Waals surface area contributed by atoms with Crippen molar-refractivity contribution in [2.75, 3.05) is 5.75 Å². The van der Waals surface area contributed by atoms with Crippen LogP contribution in [0.2, 0.25) is 0 Å². The standard InChI is InChI=1S/C19H34N6O7S/c1-3-9(2)15(22)18(30)23-10(4-6-13(20)26)16(28)25-12(8-33)17(29)24-11(19(31)32)5-7-14(21)27/h9-12,15,33H,3-8,22H2,1-2H3,(H2,20,26)(H2,21,27)(H,23,30)(H,24,29)(H,25,28)(H,31,32). The van der Waals surface area contributed by atoms with Gasteiger partial charge in [-0.15, -0.1) is 0 Å². The molecule has 0 saturated heterocycles. The maximum atomic E-state index is 12.8. The number of primary amides is 2. The zero-order valence-electron chi connectivity index (χ0n) is 18.7. The molecule has 0 rings (SSSR count).